The summed E-state index contributed by atoms with van der Waals surface area (Å²) in [5, 5.41) is 0. The quantitative estimate of drug-likeness (QED) is 0.0167. The van der Waals surface area contributed by atoms with Crippen molar-refractivity contribution in [1.29, 1.82) is 0 Å². The third-order valence-electron chi connectivity index (χ3n) is 9.18. The topological polar surface area (TPSA) is 36.4 Å². The van der Waals surface area contributed by atoms with Gasteiger partial charge in [-0.25, -0.2) is 0 Å². The molecule has 2 nitrogen and oxygen atoms in total. The molecular formula is C50H78N2Ni. The Morgan fingerprint density at radius 3 is 1.45 bits per heavy atom. The van der Waals surface area contributed by atoms with Crippen LogP contribution in [0.15, 0.2) is 47.5 Å². The maximum Gasteiger partial charge on any atom is 2.00 e. The molecule has 0 fully saturated rings. The Hall–Kier alpha value is -2.61. The van der Waals surface area contributed by atoms with Gasteiger partial charge in [-0.3, -0.25) is 0 Å². The van der Waals surface area contributed by atoms with E-state index in [9.17, 15) is 5.53 Å². The number of hydrogen-bond donors (Lipinski definition) is 0. The number of nitrogens with zero attached hydrogens (tertiary/aromatic N) is 2. The van der Waals surface area contributed by atoms with Crippen LogP contribution in [0, 0.1) is 39.5 Å². The van der Waals surface area contributed by atoms with Crippen molar-refractivity contribution in [2.24, 2.45) is 0 Å². The van der Waals surface area contributed by atoms with Gasteiger partial charge in [0.25, 0.3) is 0 Å². The zero-order chi connectivity index (χ0) is 38.8. The van der Waals surface area contributed by atoms with E-state index in [-0.39, 0.29) is 16.5 Å². The normalized spacial score (nSPS) is 10.5. The summed E-state index contributed by atoms with van der Waals surface area (Å²) < 4.78 is 0. The van der Waals surface area contributed by atoms with Crippen molar-refractivity contribution in [1.82, 2.24) is 0 Å². The largest absolute Gasteiger partial charge is 2.00 e. The molecule has 2 aromatic carbocycles. The van der Waals surface area contributed by atoms with Gasteiger partial charge in [0.15, 0.2) is 5.57 Å². The molecule has 298 valence electrons. The summed E-state index contributed by atoms with van der Waals surface area (Å²) in [6.07, 6.45) is 26.0. The molecular weight excluding hydrogens is 687 g/mol. The first-order chi connectivity index (χ1) is 25.3. The van der Waals surface area contributed by atoms with E-state index >= 15 is 0 Å². The molecule has 0 spiro atoms. The average molecular weight is 766 g/mol. The minimum atomic E-state index is 0. The van der Waals surface area contributed by atoms with Gasteiger partial charge < -0.3 is 19.4 Å². The van der Waals surface area contributed by atoms with E-state index in [1.54, 1.807) is 0 Å². The Balaban J connectivity index is 0. The Morgan fingerprint density at radius 1 is 0.585 bits per heavy atom. The molecule has 0 aliphatic rings. The number of benzene rings is 2. The van der Waals surface area contributed by atoms with Gasteiger partial charge in [-0.05, 0) is 85.8 Å². The molecule has 0 aliphatic carbocycles. The fraction of sp³-hybridized carbons (Fsp3) is 0.600. The fourth-order valence-corrected chi connectivity index (χ4v) is 6.19. The summed E-state index contributed by atoms with van der Waals surface area (Å²) in [5.41, 5.74) is 20.5. The first kappa shape index (κ1) is 52.5. The van der Waals surface area contributed by atoms with E-state index in [1.807, 2.05) is 0 Å². The van der Waals surface area contributed by atoms with Gasteiger partial charge in [-0.1, -0.05) is 184 Å². The molecule has 0 saturated heterocycles. The van der Waals surface area contributed by atoms with E-state index in [1.165, 1.54) is 135 Å². The second kappa shape index (κ2) is 36.4. The summed E-state index contributed by atoms with van der Waals surface area (Å²) in [7, 11) is 0. The smallest absolute Gasteiger partial charge is 0.348 e. The molecule has 0 amide bonds. The van der Waals surface area contributed by atoms with Gasteiger partial charge in [-0.2, -0.15) is 12.8 Å². The van der Waals surface area contributed by atoms with Gasteiger partial charge >= 0.3 is 22.4 Å². The summed E-state index contributed by atoms with van der Waals surface area (Å²) in [6.45, 7) is 24.8. The molecule has 2 aromatic rings. The van der Waals surface area contributed by atoms with Crippen LogP contribution >= 0.6 is 0 Å². The Kier molecular flexibility index (Phi) is 36.0. The molecule has 0 N–H and O–H groups in total. The number of hydrogen-bond acceptors (Lipinski definition) is 0. The molecule has 0 atom stereocenters. The molecule has 2 rings (SSSR count). The number of unbranched alkanes of at least 4 members (excludes halogenated alkanes) is 14. The molecule has 0 saturated carbocycles. The summed E-state index contributed by atoms with van der Waals surface area (Å²) in [6, 6.07) is 14.1. The van der Waals surface area contributed by atoms with Crippen LogP contribution in [0.2, 0.25) is 0 Å². The molecule has 0 unspecified atom stereocenters. The van der Waals surface area contributed by atoms with Crippen molar-refractivity contribution in [2.45, 2.75) is 197 Å². The SMILES string of the molecule is CCCCCCCCC#CC(=C=[N+]=[N-])C(CC)=C(c1cc(C)cc(C)c1)c1cc(CCCCCC)cc(CCCCCC)c1.[CH2-]CCC.[CH2-]CCC.[Ni+2]. The van der Waals surface area contributed by atoms with Crippen LogP contribution < -0.4 is 0 Å². The van der Waals surface area contributed by atoms with Crippen LogP contribution in [0.25, 0.3) is 11.1 Å². The van der Waals surface area contributed by atoms with Crippen molar-refractivity contribution in [3.05, 3.63) is 100 Å². The Bertz CT molecular complexity index is 1330. The van der Waals surface area contributed by atoms with Crippen molar-refractivity contribution in [3.8, 4) is 11.8 Å². The fourth-order valence-electron chi connectivity index (χ4n) is 6.19. The Morgan fingerprint density at radius 2 is 1.02 bits per heavy atom. The predicted octanol–water partition coefficient (Wildman–Crippen LogP) is 15.6. The summed E-state index contributed by atoms with van der Waals surface area (Å²) in [4.78, 5) is 3.39. The van der Waals surface area contributed by atoms with E-state index in [0.29, 0.717) is 5.57 Å². The van der Waals surface area contributed by atoms with Crippen LogP contribution in [0.5, 0.6) is 0 Å². The van der Waals surface area contributed by atoms with Crippen LogP contribution in [-0.4, -0.2) is 10.7 Å². The number of rotatable bonds is 22. The van der Waals surface area contributed by atoms with E-state index in [4.69, 9.17) is 0 Å². The van der Waals surface area contributed by atoms with Gasteiger partial charge in [0.05, 0.1) is 0 Å². The van der Waals surface area contributed by atoms with Crippen LogP contribution in [-0.2, 0) is 29.3 Å². The Labute approximate surface area is 340 Å². The molecule has 0 aromatic heterocycles. The first-order valence-electron chi connectivity index (χ1n) is 21.3. The minimum absolute atomic E-state index is 0. The number of aryl methyl sites for hydroxylation is 4. The average Bonchev–Trinajstić information content (AvgIpc) is 3.14. The third-order valence-corrected chi connectivity index (χ3v) is 9.18. The molecule has 0 heterocycles. The van der Waals surface area contributed by atoms with Crippen LogP contribution in [0.1, 0.15) is 203 Å². The number of allylic oxidation sites excluding steroid dienone is 2. The zero-order valence-electron chi connectivity index (χ0n) is 35.6. The van der Waals surface area contributed by atoms with E-state index in [2.05, 4.69) is 128 Å². The van der Waals surface area contributed by atoms with Crippen molar-refractivity contribution < 1.29 is 21.3 Å². The van der Waals surface area contributed by atoms with Gasteiger partial charge in [0.1, 0.15) is 0 Å². The van der Waals surface area contributed by atoms with Crippen molar-refractivity contribution in [2.75, 3.05) is 0 Å². The van der Waals surface area contributed by atoms with Gasteiger partial charge in [0, 0.05) is 6.42 Å². The molecule has 0 aliphatic heterocycles. The van der Waals surface area contributed by atoms with Gasteiger partial charge in [-0.15, -0.1) is 4.79 Å². The van der Waals surface area contributed by atoms with Crippen molar-refractivity contribution in [3.63, 3.8) is 0 Å². The second-order valence-corrected chi connectivity index (χ2v) is 14.4. The monoisotopic (exact) mass is 765 g/mol. The van der Waals surface area contributed by atoms with Crippen LogP contribution in [0.4, 0.5) is 0 Å². The zero-order valence-corrected chi connectivity index (χ0v) is 36.6. The first-order valence-corrected chi connectivity index (χ1v) is 21.3. The maximum atomic E-state index is 9.69. The predicted molar refractivity (Wildman–Crippen MR) is 233 cm³/mol. The second-order valence-electron chi connectivity index (χ2n) is 14.4. The molecule has 0 radical (unpaired) electrons. The summed E-state index contributed by atoms with van der Waals surface area (Å²) >= 11 is 0. The van der Waals surface area contributed by atoms with E-state index in [0.717, 1.165) is 50.5 Å². The molecule has 0 bridgehead atoms. The van der Waals surface area contributed by atoms with E-state index < -0.39 is 0 Å². The standard InChI is InChI=1S/C42H60N2.2C4H9.Ni/c1-7-11-14-17-18-19-20-23-26-38(33-44-43)41(10-4)42(39-28-34(5)27-35(6)29-39)40-31-36(24-21-15-12-8-2)30-37(32-40)25-22-16-13-9-3;2*1-3-4-2;/h27-32H,7-22,24-25H2,1-6H3;2*1,3-4H2,2H3;/q;2*-1;+2. The summed E-state index contributed by atoms with van der Waals surface area (Å²) in [5.74, 6) is 9.69. The van der Waals surface area contributed by atoms with Gasteiger partial charge in [0.2, 0.25) is 0 Å². The van der Waals surface area contributed by atoms with Crippen LogP contribution in [0.3, 0.4) is 0 Å². The van der Waals surface area contributed by atoms with Crippen molar-refractivity contribution >= 4 is 11.4 Å². The minimum Gasteiger partial charge on any atom is -0.348 e. The maximum absolute atomic E-state index is 9.69. The third kappa shape index (κ3) is 25.2. The molecule has 3 heteroatoms. The molecule has 53 heavy (non-hydrogen) atoms.